The number of nitrogens with zero attached hydrogens (tertiary/aromatic N) is 1. The second-order valence-corrected chi connectivity index (χ2v) is 5.64. The van der Waals surface area contributed by atoms with Crippen LogP contribution in [0.3, 0.4) is 0 Å². The van der Waals surface area contributed by atoms with Gasteiger partial charge in [0.15, 0.2) is 0 Å². The number of rotatable bonds is 3. The van der Waals surface area contributed by atoms with Crippen molar-refractivity contribution in [2.45, 2.75) is 45.1 Å². The molecule has 1 heterocycles. The largest absolute Gasteiger partial charge is 0.406 e. The van der Waals surface area contributed by atoms with Crippen LogP contribution in [0, 0.1) is 6.92 Å². The van der Waals surface area contributed by atoms with Gasteiger partial charge < -0.3 is 4.90 Å². The normalized spacial score (nSPS) is 26.5. The molecule has 1 amide bonds. The fourth-order valence-corrected chi connectivity index (χ4v) is 2.62. The van der Waals surface area contributed by atoms with E-state index in [-0.39, 0.29) is 0 Å². The number of benzene rings is 1. The molecule has 6 heteroatoms. The van der Waals surface area contributed by atoms with Crippen molar-refractivity contribution in [2.75, 3.05) is 6.54 Å². The minimum atomic E-state index is -4.42. The van der Waals surface area contributed by atoms with Crippen molar-refractivity contribution < 1.29 is 18.0 Å². The Bertz CT molecular complexity index is 544. The molecule has 0 aliphatic carbocycles. The van der Waals surface area contributed by atoms with E-state index in [0.717, 1.165) is 10.5 Å². The standard InChI is InChI=1S/C15H19F3N2O/c1-4-14(3)13(21)20(9-15(16,17)18)12(19-14)11-8-6-5-7-10(11)2/h5-8,12,19H,4,9H2,1-3H3. The molecule has 2 rings (SSSR count). The topological polar surface area (TPSA) is 32.3 Å². The number of halogens is 3. The van der Waals surface area contributed by atoms with Gasteiger partial charge in [0.05, 0.1) is 5.54 Å². The summed E-state index contributed by atoms with van der Waals surface area (Å²) in [6.07, 6.45) is -4.73. The molecule has 1 aliphatic rings. The molecule has 0 saturated carbocycles. The van der Waals surface area contributed by atoms with Crippen molar-refractivity contribution in [3.05, 3.63) is 35.4 Å². The van der Waals surface area contributed by atoms with Gasteiger partial charge in [-0.05, 0) is 31.4 Å². The zero-order valence-electron chi connectivity index (χ0n) is 12.3. The number of amides is 1. The van der Waals surface area contributed by atoms with Gasteiger partial charge in [-0.25, -0.2) is 0 Å². The summed E-state index contributed by atoms with van der Waals surface area (Å²) in [6, 6.07) is 7.17. The highest BCUT2D eigenvalue weighted by atomic mass is 19.4. The number of aryl methyl sites for hydroxylation is 1. The first-order valence-electron chi connectivity index (χ1n) is 6.89. The number of carbonyl (C=O) groups is 1. The van der Waals surface area contributed by atoms with Crippen molar-refractivity contribution in [1.82, 2.24) is 10.2 Å². The first-order chi connectivity index (χ1) is 9.68. The van der Waals surface area contributed by atoms with Crippen LogP contribution in [0.5, 0.6) is 0 Å². The van der Waals surface area contributed by atoms with Crippen LogP contribution in [-0.2, 0) is 4.79 Å². The van der Waals surface area contributed by atoms with Crippen LogP contribution in [0.25, 0.3) is 0 Å². The maximum Gasteiger partial charge on any atom is 0.406 e. The lowest BCUT2D eigenvalue weighted by Crippen LogP contribution is -2.44. The summed E-state index contributed by atoms with van der Waals surface area (Å²) in [5, 5.41) is 3.07. The van der Waals surface area contributed by atoms with Crippen LogP contribution >= 0.6 is 0 Å². The smallest absolute Gasteiger partial charge is 0.312 e. The second-order valence-electron chi connectivity index (χ2n) is 5.64. The van der Waals surface area contributed by atoms with Crippen LogP contribution in [0.4, 0.5) is 13.2 Å². The molecular formula is C15H19F3N2O. The van der Waals surface area contributed by atoms with Crippen LogP contribution in [0.2, 0.25) is 0 Å². The monoisotopic (exact) mass is 300 g/mol. The molecule has 2 atom stereocenters. The van der Waals surface area contributed by atoms with E-state index in [9.17, 15) is 18.0 Å². The second kappa shape index (κ2) is 5.33. The van der Waals surface area contributed by atoms with Crippen LogP contribution in [-0.4, -0.2) is 29.1 Å². The van der Waals surface area contributed by atoms with E-state index in [2.05, 4.69) is 5.32 Å². The average Bonchev–Trinajstić information content (AvgIpc) is 2.63. The quantitative estimate of drug-likeness (QED) is 0.930. The molecule has 1 aromatic rings. The van der Waals surface area contributed by atoms with Gasteiger partial charge in [0.2, 0.25) is 5.91 Å². The van der Waals surface area contributed by atoms with Crippen LogP contribution in [0.15, 0.2) is 24.3 Å². The Kier molecular flexibility index (Phi) is 4.02. The summed E-state index contributed by atoms with van der Waals surface area (Å²) in [5.74, 6) is -0.504. The first kappa shape index (κ1) is 15.8. The van der Waals surface area contributed by atoms with Gasteiger partial charge >= 0.3 is 6.18 Å². The maximum absolute atomic E-state index is 12.8. The van der Waals surface area contributed by atoms with Crippen LogP contribution < -0.4 is 5.32 Å². The lowest BCUT2D eigenvalue weighted by Gasteiger charge is -2.26. The highest BCUT2D eigenvalue weighted by molar-refractivity contribution is 5.88. The van der Waals surface area contributed by atoms with E-state index >= 15 is 0 Å². The summed E-state index contributed by atoms with van der Waals surface area (Å²) in [6.45, 7) is 4.02. The van der Waals surface area contributed by atoms with E-state index < -0.39 is 30.3 Å². The van der Waals surface area contributed by atoms with Gasteiger partial charge in [-0.15, -0.1) is 0 Å². The molecule has 0 aromatic heterocycles. The number of hydrogen-bond acceptors (Lipinski definition) is 2. The molecule has 1 aliphatic heterocycles. The lowest BCUT2D eigenvalue weighted by molar-refractivity contribution is -0.162. The zero-order chi connectivity index (χ0) is 15.8. The van der Waals surface area contributed by atoms with Gasteiger partial charge in [-0.1, -0.05) is 31.2 Å². The summed E-state index contributed by atoms with van der Waals surface area (Å²) in [7, 11) is 0. The minimum Gasteiger partial charge on any atom is -0.312 e. The van der Waals surface area contributed by atoms with E-state index in [4.69, 9.17) is 0 Å². The Morgan fingerprint density at radius 2 is 1.95 bits per heavy atom. The molecule has 116 valence electrons. The summed E-state index contributed by atoms with van der Waals surface area (Å²) < 4.78 is 38.4. The molecule has 3 nitrogen and oxygen atoms in total. The van der Waals surface area contributed by atoms with E-state index in [1.807, 2.05) is 19.1 Å². The first-order valence-corrected chi connectivity index (χ1v) is 6.89. The highest BCUT2D eigenvalue weighted by Gasteiger charge is 2.50. The fraction of sp³-hybridized carbons (Fsp3) is 0.533. The predicted molar refractivity (Wildman–Crippen MR) is 73.5 cm³/mol. The third kappa shape index (κ3) is 3.05. The van der Waals surface area contributed by atoms with Crippen molar-refractivity contribution in [1.29, 1.82) is 0 Å². The van der Waals surface area contributed by atoms with Crippen LogP contribution in [0.1, 0.15) is 37.6 Å². The Morgan fingerprint density at radius 3 is 2.48 bits per heavy atom. The molecule has 1 fully saturated rings. The van der Waals surface area contributed by atoms with Crippen molar-refractivity contribution in [3.63, 3.8) is 0 Å². The SMILES string of the molecule is CCC1(C)NC(c2ccccc2C)N(CC(F)(F)F)C1=O. The summed E-state index contributed by atoms with van der Waals surface area (Å²) in [4.78, 5) is 13.3. The van der Waals surface area contributed by atoms with Gasteiger partial charge in [-0.3, -0.25) is 10.1 Å². The minimum absolute atomic E-state index is 0.433. The molecule has 1 N–H and O–H groups in total. The molecule has 0 radical (unpaired) electrons. The Hall–Kier alpha value is -1.56. The molecule has 1 saturated heterocycles. The highest BCUT2D eigenvalue weighted by Crippen LogP contribution is 2.35. The molecular weight excluding hydrogens is 281 g/mol. The zero-order valence-corrected chi connectivity index (χ0v) is 12.3. The van der Waals surface area contributed by atoms with Crippen molar-refractivity contribution >= 4 is 5.91 Å². The fourth-order valence-electron chi connectivity index (χ4n) is 2.62. The van der Waals surface area contributed by atoms with Gasteiger partial charge in [0, 0.05) is 0 Å². The molecule has 2 unspecified atom stereocenters. The van der Waals surface area contributed by atoms with E-state index in [0.29, 0.717) is 12.0 Å². The average molecular weight is 300 g/mol. The molecule has 1 aromatic carbocycles. The van der Waals surface area contributed by atoms with Crippen molar-refractivity contribution in [2.24, 2.45) is 0 Å². The number of carbonyl (C=O) groups excluding carboxylic acids is 1. The van der Waals surface area contributed by atoms with E-state index in [1.54, 1.807) is 26.0 Å². The van der Waals surface area contributed by atoms with Crippen molar-refractivity contribution in [3.8, 4) is 0 Å². The van der Waals surface area contributed by atoms with Gasteiger partial charge in [0.25, 0.3) is 0 Å². The molecule has 0 spiro atoms. The third-order valence-corrected chi connectivity index (χ3v) is 4.04. The Morgan fingerprint density at radius 1 is 1.33 bits per heavy atom. The van der Waals surface area contributed by atoms with Gasteiger partial charge in [-0.2, -0.15) is 13.2 Å². The Labute approximate surface area is 122 Å². The number of alkyl halides is 3. The molecule has 0 bridgehead atoms. The lowest BCUT2D eigenvalue weighted by atomic mass is 9.99. The third-order valence-electron chi connectivity index (χ3n) is 4.04. The Balaban J connectivity index is 2.42. The van der Waals surface area contributed by atoms with E-state index in [1.165, 1.54) is 0 Å². The maximum atomic E-state index is 12.8. The number of hydrogen-bond donors (Lipinski definition) is 1. The number of nitrogens with one attached hydrogen (secondary N) is 1. The predicted octanol–water partition coefficient (Wildman–Crippen LogP) is 3.16. The summed E-state index contributed by atoms with van der Waals surface area (Å²) in [5.41, 5.74) is 0.598. The molecule has 21 heavy (non-hydrogen) atoms. The summed E-state index contributed by atoms with van der Waals surface area (Å²) >= 11 is 0. The van der Waals surface area contributed by atoms with Gasteiger partial charge in [0.1, 0.15) is 12.7 Å².